The number of hydrogen-bond acceptors (Lipinski definition) is 6. The molecular weight excluding hydrogens is 632 g/mol. The van der Waals surface area contributed by atoms with E-state index in [1.807, 2.05) is 28.9 Å². The molecule has 0 bridgehead atoms. The third-order valence-electron chi connectivity index (χ3n) is 8.29. The van der Waals surface area contributed by atoms with Gasteiger partial charge in [0, 0.05) is 38.3 Å². The van der Waals surface area contributed by atoms with E-state index in [0.29, 0.717) is 46.0 Å². The van der Waals surface area contributed by atoms with Crippen LogP contribution >= 0.6 is 46.4 Å². The van der Waals surface area contributed by atoms with Gasteiger partial charge in [0.1, 0.15) is 0 Å². The van der Waals surface area contributed by atoms with E-state index >= 15 is 0 Å². The molecule has 2 fully saturated rings. The van der Waals surface area contributed by atoms with E-state index in [2.05, 4.69) is 4.90 Å². The van der Waals surface area contributed by atoms with Crippen LogP contribution in [-0.2, 0) is 27.2 Å². The van der Waals surface area contributed by atoms with Gasteiger partial charge in [-0.15, -0.1) is 0 Å². The summed E-state index contributed by atoms with van der Waals surface area (Å²) in [5.41, 5.74) is 14.6. The number of carbonyl (C=O) groups excluding carboxylic acids is 2. The number of nitrogens with two attached hydrogens (primary N) is 2. The van der Waals surface area contributed by atoms with E-state index in [-0.39, 0.29) is 23.9 Å². The van der Waals surface area contributed by atoms with E-state index in [1.54, 1.807) is 24.3 Å². The number of rotatable bonds is 11. The Morgan fingerprint density at radius 1 is 0.814 bits per heavy atom. The van der Waals surface area contributed by atoms with Gasteiger partial charge in [-0.2, -0.15) is 0 Å². The van der Waals surface area contributed by atoms with Crippen molar-refractivity contribution in [3.8, 4) is 0 Å². The standard InChI is InChI=1S/C31H41Cl4N5O3/c1-20-18-40(31(42)29(37)17-22-6-8-25(33)27(35)15-22)23(4-2-3-9-38-10-12-43-13-11-38)19-39(20)30(41)28(36)16-21-5-7-24(32)26(34)14-21/h5-8,14-15,20,23,28-29H,2-4,9-13,16-19,36-37H2,1H3/t20-,23+,28-,29-/m1/s1. The van der Waals surface area contributed by atoms with Crippen LogP contribution in [-0.4, -0.2) is 96.6 Å². The zero-order valence-electron chi connectivity index (χ0n) is 24.5. The van der Waals surface area contributed by atoms with Gasteiger partial charge in [0.15, 0.2) is 0 Å². The molecule has 2 aromatic carbocycles. The summed E-state index contributed by atoms with van der Waals surface area (Å²) in [6, 6.07) is 8.66. The van der Waals surface area contributed by atoms with E-state index in [4.69, 9.17) is 62.6 Å². The third-order valence-corrected chi connectivity index (χ3v) is 9.76. The first kappa shape index (κ1) is 34.3. The Morgan fingerprint density at radius 3 is 1.88 bits per heavy atom. The zero-order valence-corrected chi connectivity index (χ0v) is 27.5. The minimum absolute atomic E-state index is 0.136. The fourth-order valence-electron chi connectivity index (χ4n) is 5.84. The van der Waals surface area contributed by atoms with Crippen molar-refractivity contribution >= 4 is 58.2 Å². The molecule has 0 radical (unpaired) electrons. The van der Waals surface area contributed by atoms with Crippen LogP contribution < -0.4 is 11.5 Å². The highest BCUT2D eigenvalue weighted by atomic mass is 35.5. The monoisotopic (exact) mass is 671 g/mol. The largest absolute Gasteiger partial charge is 0.379 e. The van der Waals surface area contributed by atoms with Crippen LogP contribution in [0.4, 0.5) is 0 Å². The molecule has 8 nitrogen and oxygen atoms in total. The number of nitrogens with zero attached hydrogens (tertiary/aromatic N) is 3. The van der Waals surface area contributed by atoms with Gasteiger partial charge in [-0.25, -0.2) is 0 Å². The Morgan fingerprint density at radius 2 is 1.35 bits per heavy atom. The summed E-state index contributed by atoms with van der Waals surface area (Å²) in [5.74, 6) is -0.285. The van der Waals surface area contributed by atoms with E-state index in [9.17, 15) is 9.59 Å². The van der Waals surface area contributed by atoms with Gasteiger partial charge < -0.3 is 26.0 Å². The molecule has 2 aromatic rings. The summed E-state index contributed by atoms with van der Waals surface area (Å²) in [6.07, 6.45) is 3.34. The van der Waals surface area contributed by atoms with Gasteiger partial charge in [-0.3, -0.25) is 14.5 Å². The third kappa shape index (κ3) is 9.44. The van der Waals surface area contributed by atoms with Crippen LogP contribution in [0.5, 0.6) is 0 Å². The van der Waals surface area contributed by atoms with Crippen LogP contribution in [0.3, 0.4) is 0 Å². The SMILES string of the molecule is C[C@@H]1CN(C(=O)[C@H](N)Cc2ccc(Cl)c(Cl)c2)[C@@H](CCCCN2CCOCC2)CN1C(=O)[C@H](N)Cc1ccc(Cl)c(Cl)c1. The molecule has 2 saturated heterocycles. The molecule has 2 aliphatic heterocycles. The number of carbonyl (C=O) groups is 2. The number of ether oxygens (including phenoxy) is 1. The summed E-state index contributed by atoms with van der Waals surface area (Å²) in [4.78, 5) is 33.5. The Bertz CT molecular complexity index is 1260. The maximum absolute atomic E-state index is 13.8. The predicted molar refractivity (Wildman–Crippen MR) is 174 cm³/mol. The Balaban J connectivity index is 1.43. The molecular formula is C31H41Cl4N5O3. The maximum atomic E-state index is 13.8. The average molecular weight is 674 g/mol. The van der Waals surface area contributed by atoms with E-state index < -0.39 is 12.1 Å². The molecule has 2 aliphatic rings. The Kier molecular flexibility index (Phi) is 12.8. The lowest BCUT2D eigenvalue weighted by atomic mass is 9.97. The number of halogens is 4. The molecule has 12 heteroatoms. The topological polar surface area (TPSA) is 105 Å². The average Bonchev–Trinajstić information content (AvgIpc) is 2.99. The molecule has 0 aromatic heterocycles. The number of morpholine rings is 1. The van der Waals surface area contributed by atoms with Gasteiger partial charge in [-0.1, -0.05) is 65.0 Å². The van der Waals surface area contributed by atoms with Crippen LogP contribution in [0.1, 0.15) is 37.3 Å². The molecule has 4 rings (SSSR count). The first-order valence-electron chi connectivity index (χ1n) is 14.8. The number of amides is 2. The minimum Gasteiger partial charge on any atom is -0.379 e. The summed E-state index contributed by atoms with van der Waals surface area (Å²) < 4.78 is 5.46. The summed E-state index contributed by atoms with van der Waals surface area (Å²) in [6.45, 7) is 7.11. The van der Waals surface area contributed by atoms with Crippen molar-refractivity contribution in [3.63, 3.8) is 0 Å². The van der Waals surface area contributed by atoms with Crippen LogP contribution in [0.15, 0.2) is 36.4 Å². The lowest BCUT2D eigenvalue weighted by molar-refractivity contribution is -0.148. The molecule has 43 heavy (non-hydrogen) atoms. The summed E-state index contributed by atoms with van der Waals surface area (Å²) >= 11 is 24.5. The van der Waals surface area contributed by atoms with Crippen molar-refractivity contribution in [2.24, 2.45) is 11.5 Å². The van der Waals surface area contributed by atoms with Crippen molar-refractivity contribution in [1.29, 1.82) is 0 Å². The fourth-order valence-corrected chi connectivity index (χ4v) is 6.49. The van der Waals surface area contributed by atoms with Gasteiger partial charge in [0.2, 0.25) is 11.8 Å². The van der Waals surface area contributed by atoms with E-state index in [0.717, 1.165) is 63.2 Å². The van der Waals surface area contributed by atoms with Crippen molar-refractivity contribution in [1.82, 2.24) is 14.7 Å². The van der Waals surface area contributed by atoms with Gasteiger partial charge in [-0.05, 0) is 74.5 Å². The fraction of sp³-hybridized carbons (Fsp3) is 0.548. The Labute approximate surface area is 274 Å². The van der Waals surface area contributed by atoms with Crippen molar-refractivity contribution in [2.75, 3.05) is 45.9 Å². The Hall–Kier alpha value is -1.62. The lowest BCUT2D eigenvalue weighted by Gasteiger charge is -2.47. The van der Waals surface area contributed by atoms with Crippen molar-refractivity contribution in [3.05, 3.63) is 67.6 Å². The summed E-state index contributed by atoms with van der Waals surface area (Å²) in [7, 11) is 0. The van der Waals surface area contributed by atoms with Crippen molar-refractivity contribution in [2.45, 2.75) is 63.2 Å². The van der Waals surface area contributed by atoms with E-state index in [1.165, 1.54) is 0 Å². The normalized spacial score (nSPS) is 21.1. The maximum Gasteiger partial charge on any atom is 0.240 e. The molecule has 4 atom stereocenters. The first-order chi connectivity index (χ1) is 20.5. The molecule has 0 unspecified atom stereocenters. The van der Waals surface area contributed by atoms with Gasteiger partial charge >= 0.3 is 0 Å². The number of piperazine rings is 1. The lowest BCUT2D eigenvalue weighted by Crippen LogP contribution is -2.64. The second kappa shape index (κ2) is 16.1. The summed E-state index contributed by atoms with van der Waals surface area (Å²) in [5, 5.41) is 1.76. The number of benzene rings is 2. The molecule has 0 aliphatic carbocycles. The smallest absolute Gasteiger partial charge is 0.240 e. The van der Waals surface area contributed by atoms with Crippen LogP contribution in [0.2, 0.25) is 20.1 Å². The molecule has 0 saturated carbocycles. The molecule has 236 valence electrons. The van der Waals surface area contributed by atoms with Crippen LogP contribution in [0.25, 0.3) is 0 Å². The highest BCUT2D eigenvalue weighted by Crippen LogP contribution is 2.26. The second-order valence-electron chi connectivity index (χ2n) is 11.6. The zero-order chi connectivity index (χ0) is 31.1. The predicted octanol–water partition coefficient (Wildman–Crippen LogP) is 4.67. The van der Waals surface area contributed by atoms with Gasteiger partial charge in [0.05, 0.1) is 45.4 Å². The number of unbranched alkanes of at least 4 members (excludes halogenated alkanes) is 1. The first-order valence-corrected chi connectivity index (χ1v) is 16.3. The van der Waals surface area contributed by atoms with Crippen LogP contribution in [0, 0.1) is 0 Å². The van der Waals surface area contributed by atoms with Gasteiger partial charge in [0.25, 0.3) is 0 Å². The number of hydrogen-bond donors (Lipinski definition) is 2. The molecule has 2 heterocycles. The quantitative estimate of drug-likeness (QED) is 0.336. The molecule has 2 amide bonds. The van der Waals surface area contributed by atoms with Crippen molar-refractivity contribution < 1.29 is 14.3 Å². The molecule has 0 spiro atoms. The molecule has 4 N–H and O–H groups in total. The highest BCUT2D eigenvalue weighted by Gasteiger charge is 2.39. The highest BCUT2D eigenvalue weighted by molar-refractivity contribution is 6.42. The minimum atomic E-state index is -0.751. The second-order valence-corrected chi connectivity index (χ2v) is 13.2.